The maximum atomic E-state index is 5.67. The van der Waals surface area contributed by atoms with Gasteiger partial charge in [0.05, 0.1) is 22.9 Å². The Morgan fingerprint density at radius 1 is 1.56 bits per heavy atom. The molecule has 98 valence electrons. The van der Waals surface area contributed by atoms with Crippen LogP contribution in [0, 0.1) is 6.92 Å². The van der Waals surface area contributed by atoms with Crippen molar-refractivity contribution in [2.45, 2.75) is 32.7 Å². The van der Waals surface area contributed by atoms with E-state index in [1.54, 1.807) is 11.3 Å². The molecule has 0 fully saturated rings. The molecule has 0 saturated heterocycles. The fourth-order valence-corrected chi connectivity index (χ4v) is 2.88. The fraction of sp³-hybridized carbons (Fsp3) is 0.500. The summed E-state index contributed by atoms with van der Waals surface area (Å²) in [5, 5.41) is 4.46. The Morgan fingerprint density at radius 3 is 2.83 bits per heavy atom. The van der Waals surface area contributed by atoms with Crippen LogP contribution in [0.1, 0.15) is 34.9 Å². The second-order valence-electron chi connectivity index (χ2n) is 4.33. The van der Waals surface area contributed by atoms with E-state index in [0.29, 0.717) is 0 Å². The first-order chi connectivity index (χ1) is 8.65. The van der Waals surface area contributed by atoms with E-state index >= 15 is 0 Å². The lowest BCUT2D eigenvalue weighted by molar-refractivity contribution is 0.534. The predicted octanol–water partition coefficient (Wildman–Crippen LogP) is 1.49. The summed E-state index contributed by atoms with van der Waals surface area (Å²) in [5.41, 5.74) is 8.07. The Balaban J connectivity index is 2.20. The molecular weight excluding hydrogens is 246 g/mol. The number of nitrogens with two attached hydrogens (primary N) is 1. The van der Waals surface area contributed by atoms with Gasteiger partial charge < -0.3 is 0 Å². The van der Waals surface area contributed by atoms with Crippen LogP contribution in [-0.4, -0.2) is 14.8 Å². The molecule has 1 unspecified atom stereocenters. The smallest absolute Gasteiger partial charge is 0.0798 e. The minimum atomic E-state index is 0.0950. The molecule has 0 amide bonds. The van der Waals surface area contributed by atoms with Crippen LogP contribution in [-0.2, 0) is 19.9 Å². The molecule has 0 aromatic carbocycles. The number of hydrazine groups is 1. The molecule has 0 bridgehead atoms. The molecule has 6 heteroatoms. The highest BCUT2D eigenvalue weighted by molar-refractivity contribution is 7.09. The van der Waals surface area contributed by atoms with Crippen LogP contribution in [0.2, 0.25) is 0 Å². The van der Waals surface area contributed by atoms with Crippen molar-refractivity contribution < 1.29 is 0 Å². The van der Waals surface area contributed by atoms with Crippen LogP contribution in [0.5, 0.6) is 0 Å². The molecule has 2 aromatic heterocycles. The second-order valence-corrected chi connectivity index (χ2v) is 5.22. The van der Waals surface area contributed by atoms with Crippen LogP contribution < -0.4 is 11.3 Å². The number of hydrogen-bond donors (Lipinski definition) is 2. The molecule has 1 atom stereocenters. The van der Waals surface area contributed by atoms with Gasteiger partial charge in [0.25, 0.3) is 0 Å². The fourth-order valence-electron chi connectivity index (χ4n) is 2.02. The number of aryl methyl sites for hydroxylation is 3. The van der Waals surface area contributed by atoms with Gasteiger partial charge in [-0.15, -0.1) is 11.3 Å². The Hall–Kier alpha value is -1.24. The van der Waals surface area contributed by atoms with Gasteiger partial charge in [-0.25, -0.2) is 4.98 Å². The van der Waals surface area contributed by atoms with E-state index < -0.39 is 0 Å². The quantitative estimate of drug-likeness (QED) is 0.635. The van der Waals surface area contributed by atoms with Crippen molar-refractivity contribution in [3.05, 3.63) is 33.5 Å². The molecule has 0 radical (unpaired) electrons. The number of aromatic nitrogens is 3. The van der Waals surface area contributed by atoms with Gasteiger partial charge in [0, 0.05) is 24.0 Å². The molecule has 3 N–H and O–H groups in total. The molecule has 0 aliphatic carbocycles. The van der Waals surface area contributed by atoms with E-state index in [0.717, 1.165) is 24.2 Å². The highest BCUT2D eigenvalue weighted by atomic mass is 32.1. The molecule has 2 heterocycles. The number of thiazole rings is 1. The molecule has 0 spiro atoms. The third kappa shape index (κ3) is 2.60. The summed E-state index contributed by atoms with van der Waals surface area (Å²) in [5.74, 6) is 5.67. The van der Waals surface area contributed by atoms with Crippen LogP contribution in [0.3, 0.4) is 0 Å². The maximum Gasteiger partial charge on any atom is 0.0798 e. The zero-order chi connectivity index (χ0) is 13.1. The molecule has 18 heavy (non-hydrogen) atoms. The molecule has 0 aliphatic heterocycles. The summed E-state index contributed by atoms with van der Waals surface area (Å²) in [6.45, 7) is 4.12. The number of nitrogens with zero attached hydrogens (tertiary/aromatic N) is 3. The van der Waals surface area contributed by atoms with E-state index in [-0.39, 0.29) is 6.04 Å². The van der Waals surface area contributed by atoms with Crippen molar-refractivity contribution in [3.63, 3.8) is 0 Å². The lowest BCUT2D eigenvalue weighted by Gasteiger charge is -2.14. The Labute approximate surface area is 111 Å². The topological polar surface area (TPSA) is 68.8 Å². The van der Waals surface area contributed by atoms with Crippen molar-refractivity contribution in [2.24, 2.45) is 12.9 Å². The van der Waals surface area contributed by atoms with Gasteiger partial charge in [0.15, 0.2) is 0 Å². The van der Waals surface area contributed by atoms with Gasteiger partial charge in [-0.2, -0.15) is 5.10 Å². The van der Waals surface area contributed by atoms with Gasteiger partial charge in [0.1, 0.15) is 0 Å². The summed E-state index contributed by atoms with van der Waals surface area (Å²) in [4.78, 5) is 5.46. The van der Waals surface area contributed by atoms with E-state index in [9.17, 15) is 0 Å². The van der Waals surface area contributed by atoms with E-state index in [2.05, 4.69) is 28.5 Å². The SMILES string of the molecule is CCc1cc(CC(NN)c2scnc2C)n(C)n1. The number of rotatable bonds is 5. The van der Waals surface area contributed by atoms with E-state index in [1.807, 2.05) is 24.2 Å². The summed E-state index contributed by atoms with van der Waals surface area (Å²) >= 11 is 1.64. The normalized spacial score (nSPS) is 12.9. The highest BCUT2D eigenvalue weighted by Crippen LogP contribution is 2.24. The van der Waals surface area contributed by atoms with Gasteiger partial charge in [-0.1, -0.05) is 6.92 Å². The lowest BCUT2D eigenvalue weighted by Crippen LogP contribution is -2.30. The summed E-state index contributed by atoms with van der Waals surface area (Å²) < 4.78 is 1.93. The van der Waals surface area contributed by atoms with Crippen molar-refractivity contribution in [1.82, 2.24) is 20.2 Å². The van der Waals surface area contributed by atoms with Gasteiger partial charge in [-0.05, 0) is 19.4 Å². The van der Waals surface area contributed by atoms with Crippen molar-refractivity contribution >= 4 is 11.3 Å². The second kappa shape index (κ2) is 5.60. The van der Waals surface area contributed by atoms with Crippen LogP contribution in [0.25, 0.3) is 0 Å². The van der Waals surface area contributed by atoms with Crippen molar-refractivity contribution in [1.29, 1.82) is 0 Å². The zero-order valence-electron chi connectivity index (χ0n) is 11.0. The van der Waals surface area contributed by atoms with E-state index in [4.69, 9.17) is 5.84 Å². The third-order valence-electron chi connectivity index (χ3n) is 3.10. The third-order valence-corrected chi connectivity index (χ3v) is 4.15. The largest absolute Gasteiger partial charge is 0.272 e. The molecular formula is C12H19N5S. The molecule has 0 saturated carbocycles. The average Bonchev–Trinajstić information content (AvgIpc) is 2.93. The lowest BCUT2D eigenvalue weighted by atomic mass is 10.1. The van der Waals surface area contributed by atoms with Crippen molar-refractivity contribution in [3.8, 4) is 0 Å². The Morgan fingerprint density at radius 2 is 2.33 bits per heavy atom. The average molecular weight is 265 g/mol. The minimum absolute atomic E-state index is 0.0950. The Kier molecular flexibility index (Phi) is 4.11. The minimum Gasteiger partial charge on any atom is -0.272 e. The van der Waals surface area contributed by atoms with Gasteiger partial charge in [0.2, 0.25) is 0 Å². The first-order valence-corrected chi connectivity index (χ1v) is 6.91. The zero-order valence-corrected chi connectivity index (χ0v) is 11.8. The molecule has 5 nitrogen and oxygen atoms in total. The molecule has 2 rings (SSSR count). The van der Waals surface area contributed by atoms with Gasteiger partial charge >= 0.3 is 0 Å². The van der Waals surface area contributed by atoms with E-state index in [1.165, 1.54) is 10.6 Å². The Bertz CT molecular complexity index is 516. The maximum absolute atomic E-state index is 5.67. The number of hydrogen-bond acceptors (Lipinski definition) is 5. The van der Waals surface area contributed by atoms with Crippen molar-refractivity contribution in [2.75, 3.05) is 0 Å². The van der Waals surface area contributed by atoms with Gasteiger partial charge in [-0.3, -0.25) is 16.0 Å². The highest BCUT2D eigenvalue weighted by Gasteiger charge is 2.17. The summed E-state index contributed by atoms with van der Waals surface area (Å²) in [6, 6.07) is 2.23. The predicted molar refractivity (Wildman–Crippen MR) is 73.2 cm³/mol. The first-order valence-electron chi connectivity index (χ1n) is 6.03. The molecule has 0 aliphatic rings. The van der Waals surface area contributed by atoms with Crippen LogP contribution >= 0.6 is 11.3 Å². The van der Waals surface area contributed by atoms with Crippen LogP contribution in [0.15, 0.2) is 11.6 Å². The van der Waals surface area contributed by atoms with Crippen LogP contribution in [0.4, 0.5) is 0 Å². The summed E-state index contributed by atoms with van der Waals surface area (Å²) in [6.07, 6.45) is 1.77. The molecule has 2 aromatic rings. The standard InChI is InChI=1S/C12H19N5S/c1-4-9-5-10(17(3)16-9)6-11(15-13)12-8(2)14-7-18-12/h5,7,11,15H,4,6,13H2,1-3H3. The summed E-state index contributed by atoms with van der Waals surface area (Å²) in [7, 11) is 1.97. The monoisotopic (exact) mass is 265 g/mol. The first kappa shape index (κ1) is 13.2. The number of nitrogens with one attached hydrogen (secondary N) is 1.